The third-order valence-corrected chi connectivity index (χ3v) is 3.38. The molecule has 0 saturated heterocycles. The molecule has 0 aromatic carbocycles. The van der Waals surface area contributed by atoms with Crippen LogP contribution < -0.4 is 15.8 Å². The van der Waals surface area contributed by atoms with Gasteiger partial charge in [0.25, 0.3) is 0 Å². The number of nitrogens with two attached hydrogens (primary N) is 1. The first-order chi connectivity index (χ1) is 10.6. The highest BCUT2D eigenvalue weighted by Crippen LogP contribution is 2.40. The van der Waals surface area contributed by atoms with Crippen molar-refractivity contribution in [3.63, 3.8) is 0 Å². The van der Waals surface area contributed by atoms with Gasteiger partial charge >= 0.3 is 0 Å². The molecule has 0 spiro atoms. The molecule has 1 saturated carbocycles. The molecule has 22 heavy (non-hydrogen) atoms. The number of rotatable bonds is 10. The maximum Gasteiger partial charge on any atom is 0.242 e. The molecule has 3 N–H and O–H groups in total. The third-order valence-electron chi connectivity index (χ3n) is 3.38. The van der Waals surface area contributed by atoms with Gasteiger partial charge in [-0.1, -0.05) is 6.92 Å². The quantitative estimate of drug-likeness (QED) is 0.647. The molecule has 0 unspecified atom stereocenters. The van der Waals surface area contributed by atoms with E-state index in [1.165, 1.54) is 0 Å². The van der Waals surface area contributed by atoms with E-state index in [1.807, 2.05) is 13.8 Å². The maximum absolute atomic E-state index is 6.13. The lowest BCUT2D eigenvalue weighted by Crippen LogP contribution is -2.13. The summed E-state index contributed by atoms with van der Waals surface area (Å²) in [6.07, 6.45) is 4.40. The molecule has 1 aliphatic rings. The summed E-state index contributed by atoms with van der Waals surface area (Å²) in [7, 11) is 0. The summed E-state index contributed by atoms with van der Waals surface area (Å²) in [5.41, 5.74) is 6.64. The summed E-state index contributed by atoms with van der Waals surface area (Å²) >= 11 is 0. The van der Waals surface area contributed by atoms with Crippen molar-refractivity contribution >= 4 is 11.5 Å². The number of hydrogen-bond donors (Lipinski definition) is 2. The van der Waals surface area contributed by atoms with E-state index < -0.39 is 0 Å². The minimum absolute atomic E-state index is 0.264. The number of ether oxygens (including phenoxy) is 2. The SMILES string of the molecule is CCCOc1nc(C2CC2)nc(NCCCOC(C)C)c1N. The van der Waals surface area contributed by atoms with Gasteiger partial charge in [0.1, 0.15) is 11.5 Å². The Balaban J connectivity index is 1.97. The van der Waals surface area contributed by atoms with E-state index in [4.69, 9.17) is 15.2 Å². The monoisotopic (exact) mass is 308 g/mol. The highest BCUT2D eigenvalue weighted by atomic mass is 16.5. The van der Waals surface area contributed by atoms with Crippen LogP contribution in [0.2, 0.25) is 0 Å². The number of hydrogen-bond acceptors (Lipinski definition) is 6. The number of nitrogens with zero attached hydrogens (tertiary/aromatic N) is 2. The van der Waals surface area contributed by atoms with Crippen LogP contribution in [0.5, 0.6) is 5.88 Å². The van der Waals surface area contributed by atoms with Crippen LogP contribution in [0.1, 0.15) is 58.2 Å². The number of anilines is 2. The van der Waals surface area contributed by atoms with Crippen LogP contribution in [0.15, 0.2) is 0 Å². The van der Waals surface area contributed by atoms with Crippen molar-refractivity contribution in [2.75, 3.05) is 30.8 Å². The number of aromatic nitrogens is 2. The Bertz CT molecular complexity index is 475. The van der Waals surface area contributed by atoms with E-state index >= 15 is 0 Å². The van der Waals surface area contributed by atoms with E-state index in [9.17, 15) is 0 Å². The Morgan fingerprint density at radius 2 is 2.05 bits per heavy atom. The fraction of sp³-hybridized carbons (Fsp3) is 0.750. The van der Waals surface area contributed by atoms with Gasteiger partial charge in [0.2, 0.25) is 5.88 Å². The lowest BCUT2D eigenvalue weighted by molar-refractivity contribution is 0.0787. The smallest absolute Gasteiger partial charge is 0.242 e. The summed E-state index contributed by atoms with van der Waals surface area (Å²) < 4.78 is 11.2. The Kier molecular flexibility index (Phi) is 6.24. The highest BCUT2D eigenvalue weighted by Gasteiger charge is 2.28. The Morgan fingerprint density at radius 3 is 2.68 bits per heavy atom. The molecule has 6 heteroatoms. The molecule has 6 nitrogen and oxygen atoms in total. The van der Waals surface area contributed by atoms with Gasteiger partial charge in [-0.05, 0) is 39.5 Å². The summed E-state index contributed by atoms with van der Waals surface area (Å²) in [5.74, 6) is 2.52. The fourth-order valence-electron chi connectivity index (χ4n) is 2.03. The molecular formula is C16H28N4O2. The van der Waals surface area contributed by atoms with Crippen LogP contribution in [0.25, 0.3) is 0 Å². The summed E-state index contributed by atoms with van der Waals surface area (Å²) in [5, 5.41) is 3.29. The zero-order valence-corrected chi connectivity index (χ0v) is 13.9. The van der Waals surface area contributed by atoms with Crippen LogP contribution in [-0.2, 0) is 4.74 Å². The van der Waals surface area contributed by atoms with Crippen LogP contribution in [0.3, 0.4) is 0 Å². The van der Waals surface area contributed by atoms with Gasteiger partial charge in [0, 0.05) is 19.1 Å². The van der Waals surface area contributed by atoms with Crippen molar-refractivity contribution in [1.29, 1.82) is 0 Å². The highest BCUT2D eigenvalue weighted by molar-refractivity contribution is 5.67. The van der Waals surface area contributed by atoms with E-state index in [1.54, 1.807) is 0 Å². The predicted octanol–water partition coefficient (Wildman–Crippen LogP) is 2.95. The zero-order valence-electron chi connectivity index (χ0n) is 13.9. The lowest BCUT2D eigenvalue weighted by Gasteiger charge is -2.14. The average molecular weight is 308 g/mol. The van der Waals surface area contributed by atoms with E-state index in [2.05, 4.69) is 22.2 Å². The van der Waals surface area contributed by atoms with Gasteiger partial charge in [-0.25, -0.2) is 4.98 Å². The van der Waals surface area contributed by atoms with Gasteiger partial charge in [0.15, 0.2) is 5.82 Å². The Hall–Kier alpha value is -1.56. The Morgan fingerprint density at radius 1 is 1.27 bits per heavy atom. The van der Waals surface area contributed by atoms with Crippen LogP contribution in [0, 0.1) is 0 Å². The number of nitrogens with one attached hydrogen (secondary N) is 1. The zero-order chi connectivity index (χ0) is 15.9. The minimum Gasteiger partial charge on any atom is -0.476 e. The molecule has 1 fully saturated rings. The second kappa shape index (κ2) is 8.17. The van der Waals surface area contributed by atoms with Crippen molar-refractivity contribution in [2.45, 2.75) is 58.5 Å². The van der Waals surface area contributed by atoms with Crippen molar-refractivity contribution < 1.29 is 9.47 Å². The second-order valence-corrected chi connectivity index (χ2v) is 5.97. The first-order valence-corrected chi connectivity index (χ1v) is 8.27. The maximum atomic E-state index is 6.13. The molecule has 1 heterocycles. The van der Waals surface area contributed by atoms with E-state index in [-0.39, 0.29) is 6.10 Å². The van der Waals surface area contributed by atoms with Gasteiger partial charge in [-0.15, -0.1) is 0 Å². The minimum atomic E-state index is 0.264. The number of nitrogen functional groups attached to an aromatic ring is 1. The van der Waals surface area contributed by atoms with Gasteiger partial charge in [0.05, 0.1) is 12.7 Å². The molecular weight excluding hydrogens is 280 g/mol. The lowest BCUT2D eigenvalue weighted by atomic mass is 10.3. The summed E-state index contributed by atoms with van der Waals surface area (Å²) in [6, 6.07) is 0. The summed E-state index contributed by atoms with van der Waals surface area (Å²) in [4.78, 5) is 9.04. The molecule has 0 radical (unpaired) electrons. The predicted molar refractivity (Wildman–Crippen MR) is 88.4 cm³/mol. The average Bonchev–Trinajstić information content (AvgIpc) is 3.31. The molecule has 1 aromatic heterocycles. The van der Waals surface area contributed by atoms with Crippen LogP contribution in [0.4, 0.5) is 11.5 Å². The standard InChI is InChI=1S/C16H28N4O2/c1-4-9-22-16-13(17)15(18-8-5-10-21-11(2)3)19-14(20-16)12-6-7-12/h11-12H,4-10,17H2,1-3H3,(H,18,19,20). The van der Waals surface area contributed by atoms with Gasteiger partial charge in [-0.3, -0.25) is 0 Å². The molecule has 1 aromatic rings. The van der Waals surface area contributed by atoms with Crippen molar-refractivity contribution in [3.8, 4) is 5.88 Å². The molecule has 0 amide bonds. The third kappa shape index (κ3) is 5.02. The molecule has 0 bridgehead atoms. The van der Waals surface area contributed by atoms with E-state index in [0.29, 0.717) is 29.9 Å². The molecule has 1 aliphatic carbocycles. The molecule has 124 valence electrons. The molecule has 2 rings (SSSR count). The summed E-state index contributed by atoms with van der Waals surface area (Å²) in [6.45, 7) is 8.25. The topological polar surface area (TPSA) is 82.3 Å². The van der Waals surface area contributed by atoms with Crippen LogP contribution in [-0.4, -0.2) is 35.8 Å². The van der Waals surface area contributed by atoms with Crippen LogP contribution >= 0.6 is 0 Å². The Labute approximate surface area is 132 Å². The van der Waals surface area contributed by atoms with Crippen molar-refractivity contribution in [2.24, 2.45) is 0 Å². The first kappa shape index (κ1) is 16.8. The fourth-order valence-corrected chi connectivity index (χ4v) is 2.03. The second-order valence-electron chi connectivity index (χ2n) is 5.97. The molecule has 0 aliphatic heterocycles. The van der Waals surface area contributed by atoms with Gasteiger partial charge in [-0.2, -0.15) is 4.98 Å². The van der Waals surface area contributed by atoms with E-state index in [0.717, 1.165) is 44.7 Å². The van der Waals surface area contributed by atoms with Gasteiger partial charge < -0.3 is 20.5 Å². The van der Waals surface area contributed by atoms with Crippen molar-refractivity contribution in [3.05, 3.63) is 5.82 Å². The first-order valence-electron chi connectivity index (χ1n) is 8.27. The van der Waals surface area contributed by atoms with Crippen molar-refractivity contribution in [1.82, 2.24) is 9.97 Å². The largest absolute Gasteiger partial charge is 0.476 e. The molecule has 0 atom stereocenters. The normalized spacial score (nSPS) is 14.4.